The number of nitrogens with zero attached hydrogens (tertiary/aromatic N) is 2. The molecule has 0 bridgehead atoms. The molecule has 1 aromatic carbocycles. The summed E-state index contributed by atoms with van der Waals surface area (Å²) in [6, 6.07) is 10.4. The van der Waals surface area contributed by atoms with Crippen molar-refractivity contribution in [1.29, 1.82) is 0 Å². The zero-order chi connectivity index (χ0) is 14.9. The summed E-state index contributed by atoms with van der Waals surface area (Å²) in [7, 11) is -3.60. The van der Waals surface area contributed by atoms with Crippen LogP contribution in [0, 0.1) is 0 Å². The first kappa shape index (κ1) is 14.3. The number of halogens is 1. The summed E-state index contributed by atoms with van der Waals surface area (Å²) in [5.41, 5.74) is 1.22. The van der Waals surface area contributed by atoms with E-state index >= 15 is 0 Å². The van der Waals surface area contributed by atoms with Gasteiger partial charge in [0.1, 0.15) is 4.21 Å². The lowest BCUT2D eigenvalue weighted by Crippen LogP contribution is -2.13. The van der Waals surface area contributed by atoms with Crippen LogP contribution in [0.1, 0.15) is 0 Å². The number of sulfonamides is 1. The molecule has 0 aliphatic carbocycles. The molecule has 108 valence electrons. The summed E-state index contributed by atoms with van der Waals surface area (Å²) in [6.45, 7) is 0. The Morgan fingerprint density at radius 1 is 1.19 bits per heavy atom. The lowest BCUT2D eigenvalue weighted by Gasteiger charge is -2.12. The maximum Gasteiger partial charge on any atom is 0.271 e. The Bertz CT molecular complexity index is 857. The van der Waals surface area contributed by atoms with Gasteiger partial charge in [-0.05, 0) is 40.2 Å². The summed E-state index contributed by atoms with van der Waals surface area (Å²) >= 11 is 4.43. The van der Waals surface area contributed by atoms with Crippen LogP contribution in [-0.2, 0) is 10.0 Å². The molecule has 0 spiro atoms. The maximum absolute atomic E-state index is 12.4. The number of anilines is 1. The fraction of sp³-hybridized carbons (Fsp3) is 0. The van der Waals surface area contributed by atoms with Crippen molar-refractivity contribution >= 4 is 43.0 Å². The molecule has 0 fully saturated rings. The summed E-state index contributed by atoms with van der Waals surface area (Å²) in [5, 5.41) is 0. The molecule has 0 aliphatic heterocycles. The lowest BCUT2D eigenvalue weighted by atomic mass is 10.3. The number of rotatable bonds is 4. The molecule has 5 nitrogen and oxygen atoms in total. The topological polar surface area (TPSA) is 64.0 Å². The monoisotopic (exact) mass is 383 g/mol. The minimum atomic E-state index is -3.60. The van der Waals surface area contributed by atoms with Gasteiger partial charge in [0.15, 0.2) is 0 Å². The van der Waals surface area contributed by atoms with Crippen molar-refractivity contribution in [2.75, 3.05) is 4.72 Å². The minimum absolute atomic E-state index is 0.259. The molecular weight excluding hydrogens is 374 g/mol. The average Bonchev–Trinajstić information content (AvgIpc) is 3.10. The van der Waals surface area contributed by atoms with Crippen molar-refractivity contribution in [3.63, 3.8) is 0 Å². The normalized spacial score (nSPS) is 11.5. The third-order valence-corrected chi connectivity index (χ3v) is 6.23. The molecule has 2 aromatic heterocycles. The van der Waals surface area contributed by atoms with Gasteiger partial charge in [0.2, 0.25) is 0 Å². The van der Waals surface area contributed by atoms with Crippen LogP contribution in [0.3, 0.4) is 0 Å². The molecule has 3 aromatic rings. The standard InChI is InChI=1S/C13H10BrN3O2S2/c14-12-5-6-13(20-12)21(18,19)16-10-3-1-2-4-11(10)17-8-7-15-9-17/h1-9,16H. The highest BCUT2D eigenvalue weighted by atomic mass is 79.9. The molecule has 0 unspecified atom stereocenters. The fourth-order valence-corrected chi connectivity index (χ4v) is 4.91. The first-order valence-electron chi connectivity index (χ1n) is 5.92. The van der Waals surface area contributed by atoms with Crippen molar-refractivity contribution < 1.29 is 8.42 Å². The molecule has 21 heavy (non-hydrogen) atoms. The van der Waals surface area contributed by atoms with E-state index in [-0.39, 0.29) is 4.21 Å². The predicted octanol–water partition coefficient (Wildman–Crippen LogP) is 3.50. The molecule has 0 amide bonds. The number of thiophene rings is 1. The Morgan fingerprint density at radius 3 is 2.67 bits per heavy atom. The SMILES string of the molecule is O=S(=O)(Nc1ccccc1-n1ccnc1)c1ccc(Br)s1. The molecule has 3 rings (SSSR count). The Kier molecular flexibility index (Phi) is 3.83. The molecular formula is C13H10BrN3O2S2. The van der Waals surface area contributed by atoms with E-state index in [9.17, 15) is 8.42 Å². The van der Waals surface area contributed by atoms with Crippen molar-refractivity contribution in [3.05, 3.63) is 58.9 Å². The van der Waals surface area contributed by atoms with Crippen LogP contribution in [0.5, 0.6) is 0 Å². The molecule has 2 heterocycles. The van der Waals surface area contributed by atoms with Gasteiger partial charge in [-0.25, -0.2) is 13.4 Å². The smallest absolute Gasteiger partial charge is 0.271 e. The van der Waals surface area contributed by atoms with Gasteiger partial charge in [0.25, 0.3) is 10.0 Å². The number of hydrogen-bond acceptors (Lipinski definition) is 4. The van der Waals surface area contributed by atoms with E-state index in [1.165, 1.54) is 0 Å². The summed E-state index contributed by atoms with van der Waals surface area (Å²) in [4.78, 5) is 3.98. The van der Waals surface area contributed by atoms with Gasteiger partial charge < -0.3 is 4.57 Å². The Hall–Kier alpha value is -1.64. The van der Waals surface area contributed by atoms with E-state index in [0.29, 0.717) is 11.4 Å². The van der Waals surface area contributed by atoms with Gasteiger partial charge in [-0.1, -0.05) is 12.1 Å². The average molecular weight is 384 g/mol. The van der Waals surface area contributed by atoms with Crippen LogP contribution in [0.15, 0.2) is 63.1 Å². The quantitative estimate of drug-likeness (QED) is 0.749. The van der Waals surface area contributed by atoms with E-state index in [1.54, 1.807) is 47.6 Å². The van der Waals surface area contributed by atoms with Crippen LogP contribution in [0.25, 0.3) is 5.69 Å². The zero-order valence-electron chi connectivity index (χ0n) is 10.6. The van der Waals surface area contributed by atoms with Crippen molar-refractivity contribution in [2.45, 2.75) is 4.21 Å². The van der Waals surface area contributed by atoms with Crippen LogP contribution >= 0.6 is 27.3 Å². The molecule has 0 saturated heterocycles. The van der Waals surface area contributed by atoms with Gasteiger partial charge in [0.05, 0.1) is 21.5 Å². The van der Waals surface area contributed by atoms with Crippen molar-refractivity contribution in [1.82, 2.24) is 9.55 Å². The van der Waals surface area contributed by atoms with E-state index < -0.39 is 10.0 Å². The second-order valence-corrected chi connectivity index (χ2v) is 8.52. The fourth-order valence-electron chi connectivity index (χ4n) is 1.82. The van der Waals surface area contributed by atoms with E-state index in [4.69, 9.17) is 0 Å². The predicted molar refractivity (Wildman–Crippen MR) is 86.4 cm³/mol. The number of imidazole rings is 1. The lowest BCUT2D eigenvalue weighted by molar-refractivity contribution is 0.603. The van der Waals surface area contributed by atoms with Crippen LogP contribution < -0.4 is 4.72 Å². The molecule has 0 radical (unpaired) electrons. The third-order valence-electron chi connectivity index (χ3n) is 2.74. The maximum atomic E-state index is 12.4. The first-order valence-corrected chi connectivity index (χ1v) is 9.01. The van der Waals surface area contributed by atoms with Crippen LogP contribution in [0.2, 0.25) is 0 Å². The highest BCUT2D eigenvalue weighted by molar-refractivity contribution is 9.11. The van der Waals surface area contributed by atoms with Crippen LogP contribution in [-0.4, -0.2) is 18.0 Å². The van der Waals surface area contributed by atoms with Gasteiger partial charge >= 0.3 is 0 Å². The summed E-state index contributed by atoms with van der Waals surface area (Å²) in [6.07, 6.45) is 5.02. The molecule has 0 atom stereocenters. The second-order valence-electron chi connectivity index (χ2n) is 4.15. The van der Waals surface area contributed by atoms with Gasteiger partial charge in [-0.2, -0.15) is 0 Å². The Morgan fingerprint density at radius 2 is 2.00 bits per heavy atom. The van der Waals surface area contributed by atoms with Gasteiger partial charge in [-0.15, -0.1) is 11.3 Å². The van der Waals surface area contributed by atoms with Gasteiger partial charge in [-0.3, -0.25) is 4.72 Å². The highest BCUT2D eigenvalue weighted by Crippen LogP contribution is 2.29. The first-order chi connectivity index (χ1) is 10.1. The highest BCUT2D eigenvalue weighted by Gasteiger charge is 2.18. The number of hydrogen-bond donors (Lipinski definition) is 1. The zero-order valence-corrected chi connectivity index (χ0v) is 13.8. The van der Waals surface area contributed by atoms with E-state index in [0.717, 1.165) is 15.1 Å². The molecule has 1 N–H and O–H groups in total. The molecule has 0 saturated carbocycles. The van der Waals surface area contributed by atoms with Crippen LogP contribution in [0.4, 0.5) is 5.69 Å². The van der Waals surface area contributed by atoms with Gasteiger partial charge in [0, 0.05) is 12.4 Å². The number of para-hydroxylation sites is 2. The second kappa shape index (κ2) is 5.63. The van der Waals surface area contributed by atoms with E-state index in [2.05, 4.69) is 25.6 Å². The summed E-state index contributed by atoms with van der Waals surface area (Å²) in [5.74, 6) is 0. The Labute approximate surface area is 134 Å². The molecule has 0 aliphatic rings. The van der Waals surface area contributed by atoms with Crippen molar-refractivity contribution in [2.24, 2.45) is 0 Å². The van der Waals surface area contributed by atoms with Crippen molar-refractivity contribution in [3.8, 4) is 5.69 Å². The minimum Gasteiger partial charge on any atom is -0.304 e. The Balaban J connectivity index is 1.99. The largest absolute Gasteiger partial charge is 0.304 e. The number of nitrogens with one attached hydrogen (secondary N) is 1. The third kappa shape index (κ3) is 3.02. The number of benzene rings is 1. The number of aromatic nitrogens is 2. The summed E-state index contributed by atoms with van der Waals surface area (Å²) < 4.78 is 30.2. The van der Waals surface area contributed by atoms with E-state index in [1.807, 2.05) is 12.1 Å². The molecule has 8 heteroatoms.